The number of ether oxygens (including phenoxy) is 2. The Morgan fingerprint density at radius 1 is 1.24 bits per heavy atom. The van der Waals surface area contributed by atoms with E-state index in [1.165, 1.54) is 12.1 Å². The molecule has 6 nitrogen and oxygen atoms in total. The number of carbonyl (C=O) groups is 1. The lowest BCUT2D eigenvalue weighted by atomic mass is 10.2. The van der Waals surface area contributed by atoms with Crippen molar-refractivity contribution in [3.8, 4) is 11.5 Å². The summed E-state index contributed by atoms with van der Waals surface area (Å²) in [5.41, 5.74) is 0. The van der Waals surface area contributed by atoms with Crippen molar-refractivity contribution in [3.05, 3.63) is 18.2 Å². The van der Waals surface area contributed by atoms with E-state index in [9.17, 15) is 13.2 Å². The zero-order valence-electron chi connectivity index (χ0n) is 11.9. The van der Waals surface area contributed by atoms with Crippen molar-refractivity contribution in [2.24, 2.45) is 0 Å². The predicted octanol–water partition coefficient (Wildman–Crippen LogP) is 1.84. The summed E-state index contributed by atoms with van der Waals surface area (Å²) in [6, 6.07) is 4.34. The summed E-state index contributed by atoms with van der Waals surface area (Å²) >= 11 is 0. The molecular weight excluding hydrogens is 294 g/mol. The van der Waals surface area contributed by atoms with E-state index in [2.05, 4.69) is 4.72 Å². The van der Waals surface area contributed by atoms with Gasteiger partial charge in [-0.15, -0.1) is 0 Å². The Labute approximate surface area is 124 Å². The van der Waals surface area contributed by atoms with E-state index >= 15 is 0 Å². The van der Waals surface area contributed by atoms with Crippen molar-refractivity contribution in [3.63, 3.8) is 0 Å². The summed E-state index contributed by atoms with van der Waals surface area (Å²) in [6.45, 7) is 2.94. The number of unbranched alkanes of at least 4 members (excludes halogenated alkanes) is 1. The highest BCUT2D eigenvalue weighted by Crippen LogP contribution is 2.31. The maximum atomic E-state index is 12.1. The molecule has 1 heterocycles. The smallest absolute Gasteiger partial charge is 0.264 e. The number of hydrogen-bond donors (Lipinski definition) is 1. The molecule has 0 aliphatic carbocycles. The van der Waals surface area contributed by atoms with Crippen LogP contribution in [0.2, 0.25) is 0 Å². The highest BCUT2D eigenvalue weighted by atomic mass is 32.2. The molecule has 0 unspecified atom stereocenters. The minimum atomic E-state index is -3.87. The van der Waals surface area contributed by atoms with Crippen molar-refractivity contribution in [2.45, 2.75) is 37.5 Å². The molecule has 116 valence electrons. The maximum Gasteiger partial charge on any atom is 0.264 e. The first-order valence-corrected chi connectivity index (χ1v) is 8.46. The molecule has 1 aliphatic rings. The minimum Gasteiger partial charge on any atom is -0.490 e. The Balaban J connectivity index is 2.16. The van der Waals surface area contributed by atoms with Gasteiger partial charge < -0.3 is 9.47 Å². The van der Waals surface area contributed by atoms with Gasteiger partial charge in [0.2, 0.25) is 5.91 Å². The van der Waals surface area contributed by atoms with Crippen LogP contribution in [0.5, 0.6) is 11.5 Å². The van der Waals surface area contributed by atoms with E-state index < -0.39 is 15.9 Å². The molecule has 1 aromatic rings. The molecule has 1 N–H and O–H groups in total. The summed E-state index contributed by atoms with van der Waals surface area (Å²) < 4.78 is 37.3. The molecule has 0 saturated heterocycles. The molecule has 2 rings (SSSR count). The third-order valence-corrected chi connectivity index (χ3v) is 4.41. The first-order valence-electron chi connectivity index (χ1n) is 6.98. The molecule has 0 radical (unpaired) electrons. The van der Waals surface area contributed by atoms with Gasteiger partial charge in [0, 0.05) is 18.9 Å². The van der Waals surface area contributed by atoms with Gasteiger partial charge in [0.1, 0.15) is 0 Å². The number of nitrogens with one attached hydrogen (secondary N) is 1. The molecule has 0 aromatic heterocycles. The van der Waals surface area contributed by atoms with Crippen LogP contribution in [0, 0.1) is 0 Å². The molecular formula is C14H19NO5S. The zero-order chi connectivity index (χ0) is 15.3. The molecule has 0 atom stereocenters. The number of carbonyl (C=O) groups excluding carboxylic acids is 1. The summed E-state index contributed by atoms with van der Waals surface area (Å²) in [5, 5.41) is 0. The topological polar surface area (TPSA) is 81.7 Å². The fourth-order valence-electron chi connectivity index (χ4n) is 1.91. The van der Waals surface area contributed by atoms with Crippen LogP contribution in [0.15, 0.2) is 23.1 Å². The Kier molecular flexibility index (Phi) is 5.06. The number of amides is 1. The van der Waals surface area contributed by atoms with Crippen molar-refractivity contribution < 1.29 is 22.7 Å². The first-order chi connectivity index (χ1) is 10.0. The number of hydrogen-bond acceptors (Lipinski definition) is 5. The van der Waals surface area contributed by atoms with E-state index in [1.807, 2.05) is 6.92 Å². The molecule has 7 heteroatoms. The lowest BCUT2D eigenvalue weighted by Crippen LogP contribution is -2.30. The normalized spacial score (nSPS) is 14.3. The van der Waals surface area contributed by atoms with Gasteiger partial charge in [-0.25, -0.2) is 13.1 Å². The molecule has 0 spiro atoms. The van der Waals surface area contributed by atoms with Gasteiger partial charge in [-0.05, 0) is 18.6 Å². The van der Waals surface area contributed by atoms with E-state index in [1.54, 1.807) is 6.07 Å². The van der Waals surface area contributed by atoms with Crippen LogP contribution in [-0.4, -0.2) is 27.5 Å². The van der Waals surface area contributed by atoms with Crippen molar-refractivity contribution in [1.29, 1.82) is 0 Å². The fourth-order valence-corrected chi connectivity index (χ4v) is 2.94. The van der Waals surface area contributed by atoms with Crippen LogP contribution in [0.4, 0.5) is 0 Å². The Bertz CT molecular complexity index is 612. The summed E-state index contributed by atoms with van der Waals surface area (Å²) in [7, 11) is -3.87. The average molecular weight is 313 g/mol. The van der Waals surface area contributed by atoms with Crippen LogP contribution in [-0.2, 0) is 14.8 Å². The molecule has 0 fully saturated rings. The first kappa shape index (κ1) is 15.6. The molecule has 1 aliphatic heterocycles. The Morgan fingerprint density at radius 2 is 1.95 bits per heavy atom. The minimum absolute atomic E-state index is 0.00315. The maximum absolute atomic E-state index is 12.1. The van der Waals surface area contributed by atoms with E-state index in [-0.39, 0.29) is 11.3 Å². The summed E-state index contributed by atoms with van der Waals surface area (Å²) in [6.07, 6.45) is 2.42. The van der Waals surface area contributed by atoms with Crippen LogP contribution in [0.1, 0.15) is 32.6 Å². The quantitative estimate of drug-likeness (QED) is 0.897. The van der Waals surface area contributed by atoms with Crippen LogP contribution in [0.3, 0.4) is 0 Å². The summed E-state index contributed by atoms with van der Waals surface area (Å²) in [5.74, 6) is 0.407. The van der Waals surface area contributed by atoms with Gasteiger partial charge in [-0.3, -0.25) is 4.79 Å². The standard InChI is InChI=1S/C14H19NO5S/c1-2-3-5-14(16)15-21(17,18)11-6-7-12-13(10-11)20-9-4-8-19-12/h6-7,10H,2-5,8-9H2,1H3,(H,15,16). The molecule has 0 bridgehead atoms. The fraction of sp³-hybridized carbons (Fsp3) is 0.500. The lowest BCUT2D eigenvalue weighted by Gasteiger charge is -2.10. The second-order valence-electron chi connectivity index (χ2n) is 4.79. The number of fused-ring (bicyclic) bond motifs is 1. The largest absolute Gasteiger partial charge is 0.490 e. The number of sulfonamides is 1. The van der Waals surface area contributed by atoms with Crippen LogP contribution >= 0.6 is 0 Å². The summed E-state index contributed by atoms with van der Waals surface area (Å²) in [4.78, 5) is 11.6. The van der Waals surface area contributed by atoms with Gasteiger partial charge in [0.05, 0.1) is 18.1 Å². The van der Waals surface area contributed by atoms with Crippen molar-refractivity contribution in [1.82, 2.24) is 4.72 Å². The zero-order valence-corrected chi connectivity index (χ0v) is 12.7. The van der Waals surface area contributed by atoms with Crippen molar-refractivity contribution >= 4 is 15.9 Å². The number of benzene rings is 1. The number of rotatable bonds is 5. The molecule has 1 amide bonds. The molecule has 1 aromatic carbocycles. The Hall–Kier alpha value is -1.76. The third kappa shape index (κ3) is 4.10. The lowest BCUT2D eigenvalue weighted by molar-refractivity contribution is -0.119. The van der Waals surface area contributed by atoms with Gasteiger partial charge in [0.15, 0.2) is 11.5 Å². The van der Waals surface area contributed by atoms with Gasteiger partial charge in [-0.1, -0.05) is 13.3 Å². The van der Waals surface area contributed by atoms with Crippen LogP contribution < -0.4 is 14.2 Å². The monoisotopic (exact) mass is 313 g/mol. The average Bonchev–Trinajstić information content (AvgIpc) is 2.69. The van der Waals surface area contributed by atoms with Crippen molar-refractivity contribution in [2.75, 3.05) is 13.2 Å². The predicted molar refractivity (Wildman–Crippen MR) is 76.9 cm³/mol. The molecule has 0 saturated carbocycles. The van der Waals surface area contributed by atoms with Crippen LogP contribution in [0.25, 0.3) is 0 Å². The second kappa shape index (κ2) is 6.80. The highest BCUT2D eigenvalue weighted by molar-refractivity contribution is 7.90. The third-order valence-electron chi connectivity index (χ3n) is 3.03. The van der Waals surface area contributed by atoms with E-state index in [4.69, 9.17) is 9.47 Å². The SMILES string of the molecule is CCCCC(=O)NS(=O)(=O)c1ccc2c(c1)OCCCO2. The Morgan fingerprint density at radius 3 is 2.67 bits per heavy atom. The molecule has 21 heavy (non-hydrogen) atoms. The van der Waals surface area contributed by atoms with Gasteiger partial charge >= 0.3 is 0 Å². The van der Waals surface area contributed by atoms with E-state index in [0.717, 1.165) is 12.8 Å². The van der Waals surface area contributed by atoms with Gasteiger partial charge in [-0.2, -0.15) is 0 Å². The second-order valence-corrected chi connectivity index (χ2v) is 6.47. The van der Waals surface area contributed by atoms with E-state index in [0.29, 0.717) is 31.1 Å². The van der Waals surface area contributed by atoms with Gasteiger partial charge in [0.25, 0.3) is 10.0 Å². The highest BCUT2D eigenvalue weighted by Gasteiger charge is 2.20.